The number of hydrogen-bond donors (Lipinski definition) is 0. The van der Waals surface area contributed by atoms with Gasteiger partial charge >= 0.3 is 18.0 Å². The van der Waals surface area contributed by atoms with Crippen LogP contribution in [0.5, 0.6) is 0 Å². The van der Waals surface area contributed by atoms with Crippen molar-refractivity contribution in [3.63, 3.8) is 0 Å². The van der Waals surface area contributed by atoms with Crippen LogP contribution in [0.2, 0.25) is 0 Å². The summed E-state index contributed by atoms with van der Waals surface area (Å²) in [6, 6.07) is 0. The molecule has 0 rings (SSSR count). The largest absolute Gasteiger partial charge is 0.460 e. The highest BCUT2D eigenvalue weighted by Gasteiger charge is 2.73. The van der Waals surface area contributed by atoms with E-state index in [2.05, 4.69) is 0 Å². The van der Waals surface area contributed by atoms with Crippen molar-refractivity contribution in [2.45, 2.75) is 44.7 Å². The molecule has 0 fully saturated rings. The summed E-state index contributed by atoms with van der Waals surface area (Å²) in [5.41, 5.74) is -1.18. The van der Waals surface area contributed by atoms with E-state index >= 15 is 0 Å². The summed E-state index contributed by atoms with van der Waals surface area (Å²) in [6.45, 7) is 2.96. The average Bonchev–Trinajstić information content (AvgIpc) is 2.27. The third-order valence-corrected chi connectivity index (χ3v) is 3.43. The normalized spacial score (nSPS) is 14.9. The highest BCUT2D eigenvalue weighted by Crippen LogP contribution is 2.50. The lowest BCUT2D eigenvalue weighted by atomic mass is 9.99. The highest BCUT2D eigenvalue weighted by atomic mass is 32.2. The van der Waals surface area contributed by atoms with Crippen molar-refractivity contribution in [2.75, 3.05) is 11.5 Å². The Morgan fingerprint density at radius 3 is 1.89 bits per heavy atom. The van der Waals surface area contributed by atoms with Crippen LogP contribution in [0.1, 0.15) is 26.7 Å². The molecular weight excluding hydrogens is 297 g/mol. The zero-order chi connectivity index (χ0) is 15.3. The van der Waals surface area contributed by atoms with Gasteiger partial charge in [0.15, 0.2) is 0 Å². The highest BCUT2D eigenvalue weighted by molar-refractivity contribution is 7.99. The van der Waals surface area contributed by atoms with Gasteiger partial charge in [-0.2, -0.15) is 42.5 Å². The zero-order valence-corrected chi connectivity index (χ0v) is 11.3. The second-order valence-corrected chi connectivity index (χ2v) is 4.95. The van der Waals surface area contributed by atoms with Crippen molar-refractivity contribution in [1.29, 1.82) is 0 Å². The van der Waals surface area contributed by atoms with E-state index in [-0.39, 0.29) is 5.75 Å². The van der Waals surface area contributed by atoms with Gasteiger partial charge in [0.2, 0.25) is 0 Å². The van der Waals surface area contributed by atoms with E-state index in [4.69, 9.17) is 0 Å². The minimum atomic E-state index is -6.28. The van der Waals surface area contributed by atoms with Crippen LogP contribution in [0.4, 0.5) is 30.7 Å². The minimum absolute atomic E-state index is 0.0134. The molecule has 0 aromatic heterocycles. The molecular formula is C11H15F7S. The van der Waals surface area contributed by atoms with E-state index < -0.39 is 30.0 Å². The second-order valence-electron chi connectivity index (χ2n) is 3.80. The summed E-state index contributed by atoms with van der Waals surface area (Å²) >= 11 is 1.20. The van der Waals surface area contributed by atoms with Crippen molar-refractivity contribution in [2.24, 2.45) is 0 Å². The van der Waals surface area contributed by atoms with E-state index in [1.54, 1.807) is 0 Å². The smallest absolute Gasteiger partial charge is 0.194 e. The van der Waals surface area contributed by atoms with Crippen molar-refractivity contribution in [3.05, 3.63) is 11.6 Å². The van der Waals surface area contributed by atoms with Gasteiger partial charge in [0.05, 0.1) is 0 Å². The Kier molecular flexibility index (Phi) is 6.71. The lowest BCUT2D eigenvalue weighted by Crippen LogP contribution is -2.52. The molecule has 0 radical (unpaired) electrons. The molecule has 0 nitrogen and oxygen atoms in total. The molecule has 0 spiro atoms. The molecule has 0 aromatic rings. The standard InChI is InChI=1S/C11H15F7S/c1-3-6-19-7-5-8(4-2)9(12,13)10(14,15)11(16,17)18/h5H,3-4,6-7H2,1-2H3/b8-5+. The topological polar surface area (TPSA) is 0 Å². The van der Waals surface area contributed by atoms with E-state index in [0.29, 0.717) is 5.75 Å². The van der Waals surface area contributed by atoms with Crippen molar-refractivity contribution in [1.82, 2.24) is 0 Å². The fourth-order valence-corrected chi connectivity index (χ4v) is 2.04. The van der Waals surface area contributed by atoms with E-state index in [1.165, 1.54) is 11.8 Å². The van der Waals surface area contributed by atoms with Gasteiger partial charge in [-0.1, -0.05) is 19.9 Å². The number of halogens is 7. The van der Waals surface area contributed by atoms with E-state index in [1.807, 2.05) is 6.92 Å². The predicted octanol–water partition coefficient (Wildman–Crippen LogP) is 5.30. The van der Waals surface area contributed by atoms with Crippen molar-refractivity contribution >= 4 is 11.8 Å². The summed E-state index contributed by atoms with van der Waals surface area (Å²) in [6.07, 6.45) is -5.32. The molecule has 0 saturated heterocycles. The number of allylic oxidation sites excluding steroid dienone is 1. The first kappa shape index (κ1) is 18.6. The summed E-state index contributed by atoms with van der Waals surface area (Å²) < 4.78 is 88.3. The maximum Gasteiger partial charge on any atom is 0.460 e. The molecule has 0 aromatic carbocycles. The molecule has 0 aliphatic carbocycles. The molecule has 0 unspecified atom stereocenters. The van der Waals surface area contributed by atoms with E-state index in [9.17, 15) is 30.7 Å². The first-order valence-electron chi connectivity index (χ1n) is 5.61. The van der Waals surface area contributed by atoms with Gasteiger partial charge in [-0.15, -0.1) is 0 Å². The molecule has 8 heteroatoms. The van der Waals surface area contributed by atoms with Gasteiger partial charge in [-0.05, 0) is 18.6 Å². The van der Waals surface area contributed by atoms with E-state index in [0.717, 1.165) is 19.4 Å². The summed E-state index contributed by atoms with van der Waals surface area (Å²) in [7, 11) is 0. The van der Waals surface area contributed by atoms with Gasteiger partial charge in [0, 0.05) is 11.3 Å². The monoisotopic (exact) mass is 312 g/mol. The second kappa shape index (κ2) is 6.85. The Morgan fingerprint density at radius 1 is 1.00 bits per heavy atom. The number of hydrogen-bond acceptors (Lipinski definition) is 1. The van der Waals surface area contributed by atoms with Gasteiger partial charge in [0.1, 0.15) is 0 Å². The third-order valence-electron chi connectivity index (χ3n) is 2.33. The van der Waals surface area contributed by atoms with Crippen LogP contribution in [0.15, 0.2) is 11.6 Å². The Balaban J connectivity index is 5.12. The Morgan fingerprint density at radius 2 is 1.53 bits per heavy atom. The van der Waals surface area contributed by atoms with Gasteiger partial charge in [-0.3, -0.25) is 0 Å². The van der Waals surface area contributed by atoms with Crippen LogP contribution in [0.25, 0.3) is 0 Å². The number of thioether (sulfide) groups is 1. The molecule has 0 amide bonds. The zero-order valence-electron chi connectivity index (χ0n) is 10.5. The molecule has 0 aliphatic heterocycles. The maximum absolute atomic E-state index is 13.3. The predicted molar refractivity (Wildman–Crippen MR) is 61.9 cm³/mol. The van der Waals surface area contributed by atoms with Crippen molar-refractivity contribution in [3.8, 4) is 0 Å². The third kappa shape index (κ3) is 4.29. The van der Waals surface area contributed by atoms with Gasteiger partial charge < -0.3 is 0 Å². The number of alkyl halides is 7. The Hall–Kier alpha value is -0.400. The van der Waals surface area contributed by atoms with Crippen LogP contribution < -0.4 is 0 Å². The molecule has 0 heterocycles. The lowest BCUT2D eigenvalue weighted by Gasteiger charge is -2.29. The summed E-state index contributed by atoms with van der Waals surface area (Å²) in [5.74, 6) is -10.7. The first-order valence-corrected chi connectivity index (χ1v) is 6.77. The SMILES string of the molecule is CCCSC/C=C(\CC)C(F)(F)C(F)(F)C(F)(F)F. The quantitative estimate of drug-likeness (QED) is 0.349. The minimum Gasteiger partial charge on any atom is -0.194 e. The van der Waals surface area contributed by atoms with Crippen LogP contribution in [0, 0.1) is 0 Å². The Bertz CT molecular complexity index is 307. The molecule has 0 bridgehead atoms. The molecule has 19 heavy (non-hydrogen) atoms. The van der Waals surface area contributed by atoms with Gasteiger partial charge in [0.25, 0.3) is 0 Å². The van der Waals surface area contributed by atoms with Crippen molar-refractivity contribution < 1.29 is 30.7 Å². The fourth-order valence-electron chi connectivity index (χ4n) is 1.26. The van der Waals surface area contributed by atoms with Crippen LogP contribution in [-0.4, -0.2) is 29.5 Å². The first-order chi connectivity index (χ1) is 8.52. The molecule has 114 valence electrons. The maximum atomic E-state index is 13.3. The Labute approximate surface area is 111 Å². The molecule has 0 N–H and O–H groups in total. The lowest BCUT2D eigenvalue weighted by molar-refractivity contribution is -0.344. The van der Waals surface area contributed by atoms with Crippen LogP contribution in [0.3, 0.4) is 0 Å². The summed E-state index contributed by atoms with van der Waals surface area (Å²) in [5, 5.41) is 0. The molecule has 0 atom stereocenters. The molecule has 0 saturated carbocycles. The van der Waals surface area contributed by atoms with Crippen LogP contribution >= 0.6 is 11.8 Å². The number of rotatable bonds is 7. The van der Waals surface area contributed by atoms with Crippen LogP contribution in [-0.2, 0) is 0 Å². The van der Waals surface area contributed by atoms with Gasteiger partial charge in [-0.25, -0.2) is 0 Å². The fraction of sp³-hybridized carbons (Fsp3) is 0.818. The molecule has 0 aliphatic rings. The summed E-state index contributed by atoms with van der Waals surface area (Å²) in [4.78, 5) is 0. The average molecular weight is 312 g/mol.